The van der Waals surface area contributed by atoms with Crippen molar-refractivity contribution >= 4 is 27.7 Å². The molecule has 0 fully saturated rings. The van der Waals surface area contributed by atoms with Crippen LogP contribution in [0.4, 0.5) is 10.5 Å². The Hall–Kier alpha value is -1.47. The van der Waals surface area contributed by atoms with Gasteiger partial charge in [-0.15, -0.1) is 12.3 Å². The average Bonchev–Trinajstić information content (AvgIpc) is 2.20. The summed E-state index contributed by atoms with van der Waals surface area (Å²) < 4.78 is 5.97. The Balaban J connectivity index is 2.81. The zero-order valence-electron chi connectivity index (χ0n) is 10.7. The maximum Gasteiger partial charge on any atom is 0.412 e. The van der Waals surface area contributed by atoms with Crippen LogP contribution in [0.3, 0.4) is 0 Å². The molecule has 0 unspecified atom stereocenters. The van der Waals surface area contributed by atoms with Crippen molar-refractivity contribution in [2.75, 3.05) is 5.32 Å². The summed E-state index contributed by atoms with van der Waals surface area (Å²) in [5, 5.41) is 2.69. The molecule has 18 heavy (non-hydrogen) atoms. The van der Waals surface area contributed by atoms with Crippen molar-refractivity contribution in [2.24, 2.45) is 0 Å². The van der Waals surface area contributed by atoms with Gasteiger partial charge in [0.15, 0.2) is 0 Å². The molecule has 3 nitrogen and oxygen atoms in total. The molecule has 0 aromatic heterocycles. The van der Waals surface area contributed by atoms with E-state index < -0.39 is 11.7 Å². The van der Waals surface area contributed by atoms with E-state index in [1.807, 2.05) is 39.0 Å². The second-order valence-corrected chi connectivity index (χ2v) is 5.68. The SMILES string of the molecule is C#CCc1ccc(Br)c(NC(=O)OC(C)(C)C)c1. The van der Waals surface area contributed by atoms with E-state index in [1.165, 1.54) is 0 Å². The van der Waals surface area contributed by atoms with Crippen LogP contribution < -0.4 is 5.32 Å². The van der Waals surface area contributed by atoms with Crippen LogP contribution >= 0.6 is 15.9 Å². The molecule has 1 rings (SSSR count). The summed E-state index contributed by atoms with van der Waals surface area (Å²) in [5.41, 5.74) is 1.09. The summed E-state index contributed by atoms with van der Waals surface area (Å²) in [5.74, 6) is 2.56. The Kier molecular flexibility index (Phi) is 4.80. The number of nitrogens with one attached hydrogen (secondary N) is 1. The lowest BCUT2D eigenvalue weighted by molar-refractivity contribution is 0.0636. The van der Waals surface area contributed by atoms with Gasteiger partial charge in [0.05, 0.1) is 5.69 Å². The van der Waals surface area contributed by atoms with Crippen molar-refractivity contribution in [1.29, 1.82) is 0 Å². The molecule has 0 saturated heterocycles. The lowest BCUT2D eigenvalue weighted by atomic mass is 10.1. The number of terminal acetylenes is 1. The highest BCUT2D eigenvalue weighted by Gasteiger charge is 2.17. The molecule has 0 radical (unpaired) electrons. The number of amides is 1. The van der Waals surface area contributed by atoms with Gasteiger partial charge >= 0.3 is 6.09 Å². The predicted octanol–water partition coefficient (Wildman–Crippen LogP) is 3.97. The number of hydrogen-bond donors (Lipinski definition) is 1. The molecule has 0 heterocycles. The fourth-order valence-electron chi connectivity index (χ4n) is 1.31. The highest BCUT2D eigenvalue weighted by Crippen LogP contribution is 2.24. The fourth-order valence-corrected chi connectivity index (χ4v) is 1.66. The van der Waals surface area contributed by atoms with Crippen molar-refractivity contribution in [2.45, 2.75) is 32.8 Å². The van der Waals surface area contributed by atoms with E-state index in [9.17, 15) is 4.79 Å². The first kappa shape index (κ1) is 14.6. The van der Waals surface area contributed by atoms with Crippen molar-refractivity contribution in [3.63, 3.8) is 0 Å². The topological polar surface area (TPSA) is 38.3 Å². The van der Waals surface area contributed by atoms with Crippen LogP contribution in [0.5, 0.6) is 0 Å². The molecular formula is C14H16BrNO2. The van der Waals surface area contributed by atoms with E-state index >= 15 is 0 Å². The van der Waals surface area contributed by atoms with Gasteiger partial charge in [0.2, 0.25) is 0 Å². The smallest absolute Gasteiger partial charge is 0.412 e. The fraction of sp³-hybridized carbons (Fsp3) is 0.357. The van der Waals surface area contributed by atoms with Crippen LogP contribution in [0.1, 0.15) is 26.3 Å². The molecule has 0 spiro atoms. The molecule has 0 aliphatic heterocycles. The lowest BCUT2D eigenvalue weighted by Gasteiger charge is -2.20. The Morgan fingerprint density at radius 3 is 2.72 bits per heavy atom. The number of anilines is 1. The van der Waals surface area contributed by atoms with Crippen LogP contribution in [-0.2, 0) is 11.2 Å². The summed E-state index contributed by atoms with van der Waals surface area (Å²) in [6.45, 7) is 5.45. The number of benzene rings is 1. The molecule has 0 aliphatic rings. The summed E-state index contributed by atoms with van der Waals surface area (Å²) >= 11 is 3.37. The molecule has 0 saturated carbocycles. The number of carbonyl (C=O) groups excluding carboxylic acids is 1. The van der Waals surface area contributed by atoms with E-state index in [4.69, 9.17) is 11.2 Å². The zero-order chi connectivity index (χ0) is 13.8. The molecule has 1 N–H and O–H groups in total. The van der Waals surface area contributed by atoms with E-state index in [-0.39, 0.29) is 0 Å². The first-order chi connectivity index (χ1) is 8.31. The van der Waals surface area contributed by atoms with Gasteiger partial charge in [0.1, 0.15) is 5.60 Å². The van der Waals surface area contributed by atoms with Crippen LogP contribution in [0.15, 0.2) is 22.7 Å². The number of ether oxygens (including phenoxy) is 1. The summed E-state index contributed by atoms with van der Waals surface area (Å²) in [6.07, 6.45) is 5.30. The third-order valence-corrected chi connectivity index (χ3v) is 2.66. The number of rotatable bonds is 2. The molecule has 0 aliphatic carbocycles. The molecule has 96 valence electrons. The van der Waals surface area contributed by atoms with E-state index in [0.717, 1.165) is 10.0 Å². The standard InChI is InChI=1S/C14H16BrNO2/c1-5-6-10-7-8-11(15)12(9-10)16-13(17)18-14(2,3)4/h1,7-9H,6H2,2-4H3,(H,16,17). The quantitative estimate of drug-likeness (QED) is 0.839. The average molecular weight is 310 g/mol. The van der Waals surface area contributed by atoms with Crippen LogP contribution in [-0.4, -0.2) is 11.7 Å². The minimum absolute atomic E-state index is 0.485. The van der Waals surface area contributed by atoms with Gasteiger partial charge in [-0.3, -0.25) is 5.32 Å². The first-order valence-electron chi connectivity index (χ1n) is 5.54. The van der Waals surface area contributed by atoms with Gasteiger partial charge < -0.3 is 4.74 Å². The summed E-state index contributed by atoms with van der Waals surface area (Å²) in [7, 11) is 0. The molecule has 1 aromatic carbocycles. The molecular weight excluding hydrogens is 294 g/mol. The van der Waals surface area contributed by atoms with Gasteiger partial charge in [-0.25, -0.2) is 4.79 Å². The van der Waals surface area contributed by atoms with E-state index in [1.54, 1.807) is 0 Å². The second kappa shape index (κ2) is 5.92. The van der Waals surface area contributed by atoms with Gasteiger partial charge in [-0.05, 0) is 54.4 Å². The lowest BCUT2D eigenvalue weighted by Crippen LogP contribution is -2.27. The zero-order valence-corrected chi connectivity index (χ0v) is 12.3. The van der Waals surface area contributed by atoms with Gasteiger partial charge in [0, 0.05) is 10.9 Å². The minimum Gasteiger partial charge on any atom is -0.444 e. The van der Waals surface area contributed by atoms with Crippen molar-refractivity contribution < 1.29 is 9.53 Å². The monoisotopic (exact) mass is 309 g/mol. The molecule has 4 heteroatoms. The normalized spacial score (nSPS) is 10.6. The number of halogens is 1. The van der Waals surface area contributed by atoms with Crippen LogP contribution in [0.25, 0.3) is 0 Å². The molecule has 0 atom stereocenters. The van der Waals surface area contributed by atoms with Crippen LogP contribution in [0, 0.1) is 12.3 Å². The minimum atomic E-state index is -0.521. The van der Waals surface area contributed by atoms with E-state index in [0.29, 0.717) is 12.1 Å². The maximum atomic E-state index is 11.7. The molecule has 0 bridgehead atoms. The van der Waals surface area contributed by atoms with Crippen molar-refractivity contribution in [3.05, 3.63) is 28.2 Å². The largest absolute Gasteiger partial charge is 0.444 e. The number of hydrogen-bond acceptors (Lipinski definition) is 2. The second-order valence-electron chi connectivity index (χ2n) is 4.82. The Morgan fingerprint density at radius 2 is 2.17 bits per heavy atom. The summed E-state index contributed by atoms with van der Waals surface area (Å²) in [4.78, 5) is 11.7. The molecule has 1 aromatic rings. The summed E-state index contributed by atoms with van der Waals surface area (Å²) in [6, 6.07) is 5.58. The van der Waals surface area contributed by atoms with Gasteiger partial charge in [0.25, 0.3) is 0 Å². The van der Waals surface area contributed by atoms with Crippen LogP contribution in [0.2, 0.25) is 0 Å². The van der Waals surface area contributed by atoms with Crippen molar-refractivity contribution in [1.82, 2.24) is 0 Å². The third kappa shape index (κ3) is 4.80. The van der Waals surface area contributed by atoms with E-state index in [2.05, 4.69) is 27.2 Å². The predicted molar refractivity (Wildman–Crippen MR) is 76.5 cm³/mol. The number of carbonyl (C=O) groups is 1. The van der Waals surface area contributed by atoms with Gasteiger partial charge in [-0.1, -0.05) is 6.07 Å². The first-order valence-corrected chi connectivity index (χ1v) is 6.33. The highest BCUT2D eigenvalue weighted by molar-refractivity contribution is 9.10. The Morgan fingerprint density at radius 1 is 1.50 bits per heavy atom. The third-order valence-electron chi connectivity index (χ3n) is 1.97. The van der Waals surface area contributed by atoms with Crippen molar-refractivity contribution in [3.8, 4) is 12.3 Å². The maximum absolute atomic E-state index is 11.7. The highest BCUT2D eigenvalue weighted by atomic mass is 79.9. The molecule has 1 amide bonds. The Labute approximate surface area is 116 Å². The van der Waals surface area contributed by atoms with Gasteiger partial charge in [-0.2, -0.15) is 0 Å². The Bertz CT molecular complexity index is 484.